The maximum atomic E-state index is 12.1. The molecule has 1 amide bonds. The van der Waals surface area contributed by atoms with Crippen LogP contribution in [-0.2, 0) is 11.8 Å². The van der Waals surface area contributed by atoms with E-state index in [2.05, 4.69) is 5.32 Å². The highest BCUT2D eigenvalue weighted by molar-refractivity contribution is 5.95. The Bertz CT molecular complexity index is 646. The van der Waals surface area contributed by atoms with E-state index in [1.807, 2.05) is 13.0 Å². The molecule has 2 rings (SSSR count). The van der Waals surface area contributed by atoms with Gasteiger partial charge in [0.05, 0.1) is 0 Å². The first-order valence-electron chi connectivity index (χ1n) is 6.20. The van der Waals surface area contributed by atoms with E-state index in [0.29, 0.717) is 11.3 Å². The first-order chi connectivity index (χ1) is 9.49. The number of hydrogen-bond donors (Lipinski definition) is 2. The van der Waals surface area contributed by atoms with Gasteiger partial charge in [-0.15, -0.1) is 0 Å². The summed E-state index contributed by atoms with van der Waals surface area (Å²) in [5.74, 6) is -1.50. The van der Waals surface area contributed by atoms with Gasteiger partial charge in [0.25, 0.3) is 5.91 Å². The molecule has 2 N–H and O–H groups in total. The number of carboxylic acids is 1. The van der Waals surface area contributed by atoms with Gasteiger partial charge in [0.2, 0.25) is 0 Å². The Morgan fingerprint density at radius 3 is 2.55 bits per heavy atom. The summed E-state index contributed by atoms with van der Waals surface area (Å²) in [5, 5.41) is 11.9. The second-order valence-electron chi connectivity index (χ2n) is 4.66. The van der Waals surface area contributed by atoms with Crippen LogP contribution < -0.4 is 5.32 Å². The molecule has 2 aromatic rings. The molecule has 0 spiro atoms. The van der Waals surface area contributed by atoms with E-state index >= 15 is 0 Å². The minimum atomic E-state index is -1.09. The number of carbonyl (C=O) groups excluding carboxylic acids is 1. The summed E-state index contributed by atoms with van der Waals surface area (Å²) < 4.78 is 1.64. The van der Waals surface area contributed by atoms with E-state index in [4.69, 9.17) is 0 Å². The monoisotopic (exact) mass is 272 g/mol. The number of carboxylic acid groups (broad SMARTS) is 1. The lowest BCUT2D eigenvalue weighted by molar-refractivity contribution is -0.139. The van der Waals surface area contributed by atoms with Crippen molar-refractivity contribution < 1.29 is 14.7 Å². The van der Waals surface area contributed by atoms with Crippen molar-refractivity contribution in [3.05, 3.63) is 59.4 Å². The predicted molar refractivity (Wildman–Crippen MR) is 74.4 cm³/mol. The van der Waals surface area contributed by atoms with E-state index in [-0.39, 0.29) is 0 Å². The van der Waals surface area contributed by atoms with Gasteiger partial charge in [0, 0.05) is 13.2 Å². The normalized spacial score (nSPS) is 11.9. The molecule has 104 valence electrons. The van der Waals surface area contributed by atoms with Crippen molar-refractivity contribution in [2.45, 2.75) is 13.0 Å². The Kier molecular flexibility index (Phi) is 3.89. The van der Waals surface area contributed by atoms with Crippen molar-refractivity contribution in [3.63, 3.8) is 0 Å². The first-order valence-corrected chi connectivity index (χ1v) is 6.20. The third kappa shape index (κ3) is 2.88. The molecule has 0 fully saturated rings. The van der Waals surface area contributed by atoms with E-state index in [9.17, 15) is 14.7 Å². The van der Waals surface area contributed by atoms with Crippen molar-refractivity contribution in [2.24, 2.45) is 7.05 Å². The number of nitrogens with zero attached hydrogens (tertiary/aromatic N) is 1. The second kappa shape index (κ2) is 5.61. The van der Waals surface area contributed by atoms with E-state index in [0.717, 1.165) is 5.56 Å². The van der Waals surface area contributed by atoms with E-state index < -0.39 is 17.9 Å². The molecule has 5 nitrogen and oxygen atoms in total. The summed E-state index contributed by atoms with van der Waals surface area (Å²) >= 11 is 0. The van der Waals surface area contributed by atoms with Gasteiger partial charge in [-0.25, -0.2) is 4.79 Å². The fraction of sp³-hybridized carbons (Fsp3) is 0.200. The van der Waals surface area contributed by atoms with Gasteiger partial charge in [-0.1, -0.05) is 29.8 Å². The summed E-state index contributed by atoms with van der Waals surface area (Å²) in [5.41, 5.74) is 1.92. The zero-order valence-corrected chi connectivity index (χ0v) is 11.3. The topological polar surface area (TPSA) is 71.3 Å². The Balaban J connectivity index is 2.25. The number of rotatable bonds is 4. The van der Waals surface area contributed by atoms with Crippen LogP contribution in [0.1, 0.15) is 27.7 Å². The highest BCUT2D eigenvalue weighted by atomic mass is 16.4. The van der Waals surface area contributed by atoms with Gasteiger partial charge in [-0.3, -0.25) is 4.79 Å². The van der Waals surface area contributed by atoms with E-state index in [1.165, 1.54) is 0 Å². The van der Waals surface area contributed by atoms with Gasteiger partial charge in [0.1, 0.15) is 5.69 Å². The summed E-state index contributed by atoms with van der Waals surface area (Å²) in [6.45, 7) is 1.88. The average Bonchev–Trinajstić information content (AvgIpc) is 2.81. The van der Waals surface area contributed by atoms with Crippen LogP contribution in [0.4, 0.5) is 0 Å². The maximum Gasteiger partial charge on any atom is 0.330 e. The largest absolute Gasteiger partial charge is 0.479 e. The maximum absolute atomic E-state index is 12.1. The lowest BCUT2D eigenvalue weighted by atomic mass is 10.0. The van der Waals surface area contributed by atoms with Crippen LogP contribution in [0.2, 0.25) is 0 Å². The van der Waals surface area contributed by atoms with Gasteiger partial charge < -0.3 is 15.0 Å². The third-order valence-corrected chi connectivity index (χ3v) is 3.07. The minimum Gasteiger partial charge on any atom is -0.479 e. The van der Waals surface area contributed by atoms with Crippen LogP contribution >= 0.6 is 0 Å². The second-order valence-corrected chi connectivity index (χ2v) is 4.66. The highest BCUT2D eigenvalue weighted by Gasteiger charge is 2.23. The molecule has 5 heteroatoms. The number of carbonyl (C=O) groups is 2. The van der Waals surface area contributed by atoms with Crippen LogP contribution in [-0.4, -0.2) is 21.6 Å². The average molecular weight is 272 g/mol. The van der Waals surface area contributed by atoms with Crippen molar-refractivity contribution in [1.29, 1.82) is 0 Å². The number of hydrogen-bond acceptors (Lipinski definition) is 2. The molecule has 0 aliphatic heterocycles. The number of nitrogens with one attached hydrogen (secondary N) is 1. The first kappa shape index (κ1) is 13.9. The Hall–Kier alpha value is -2.56. The molecular formula is C15H16N2O3. The number of aromatic nitrogens is 1. The summed E-state index contributed by atoms with van der Waals surface area (Å²) in [4.78, 5) is 23.5. The van der Waals surface area contributed by atoms with Gasteiger partial charge in [-0.05, 0) is 24.6 Å². The molecule has 1 heterocycles. The molecule has 1 unspecified atom stereocenters. The molecule has 0 saturated carbocycles. The van der Waals surface area contributed by atoms with Crippen LogP contribution in [0.5, 0.6) is 0 Å². The third-order valence-electron chi connectivity index (χ3n) is 3.07. The molecule has 0 aliphatic carbocycles. The molecule has 0 bridgehead atoms. The zero-order valence-electron chi connectivity index (χ0n) is 11.3. The minimum absolute atomic E-state index is 0.411. The summed E-state index contributed by atoms with van der Waals surface area (Å²) in [6.07, 6.45) is 1.73. The lowest BCUT2D eigenvalue weighted by Gasteiger charge is -2.15. The van der Waals surface area contributed by atoms with Crippen molar-refractivity contribution in [1.82, 2.24) is 9.88 Å². The standard InChI is InChI=1S/C15H16N2O3/c1-10-5-3-6-11(9-10)13(15(19)20)16-14(18)12-7-4-8-17(12)2/h3-9,13H,1-2H3,(H,16,18)(H,19,20). The molecule has 1 atom stereocenters. The molecule has 1 aromatic carbocycles. The highest BCUT2D eigenvalue weighted by Crippen LogP contribution is 2.16. The smallest absolute Gasteiger partial charge is 0.330 e. The molecule has 20 heavy (non-hydrogen) atoms. The zero-order chi connectivity index (χ0) is 14.7. The fourth-order valence-electron chi connectivity index (χ4n) is 2.04. The lowest BCUT2D eigenvalue weighted by Crippen LogP contribution is -2.34. The van der Waals surface area contributed by atoms with Crippen LogP contribution in [0, 0.1) is 6.92 Å². The van der Waals surface area contributed by atoms with Gasteiger partial charge >= 0.3 is 5.97 Å². The number of benzene rings is 1. The number of amides is 1. The number of aryl methyl sites for hydroxylation is 2. The van der Waals surface area contributed by atoms with Crippen molar-refractivity contribution >= 4 is 11.9 Å². The molecular weight excluding hydrogens is 256 g/mol. The van der Waals surface area contributed by atoms with Crippen molar-refractivity contribution in [2.75, 3.05) is 0 Å². The fourth-order valence-corrected chi connectivity index (χ4v) is 2.04. The molecule has 1 aromatic heterocycles. The molecule has 0 saturated heterocycles. The predicted octanol–water partition coefficient (Wildman–Crippen LogP) is 1.89. The van der Waals surface area contributed by atoms with Crippen LogP contribution in [0.25, 0.3) is 0 Å². The van der Waals surface area contributed by atoms with Gasteiger partial charge in [-0.2, -0.15) is 0 Å². The molecule has 0 radical (unpaired) electrons. The van der Waals surface area contributed by atoms with Gasteiger partial charge in [0.15, 0.2) is 6.04 Å². The summed E-state index contributed by atoms with van der Waals surface area (Å²) in [6, 6.07) is 9.41. The van der Waals surface area contributed by atoms with Crippen molar-refractivity contribution in [3.8, 4) is 0 Å². The summed E-state index contributed by atoms with van der Waals surface area (Å²) in [7, 11) is 1.73. The Morgan fingerprint density at radius 2 is 2.00 bits per heavy atom. The van der Waals surface area contributed by atoms with Crippen LogP contribution in [0.3, 0.4) is 0 Å². The molecule has 0 aliphatic rings. The van der Waals surface area contributed by atoms with E-state index in [1.54, 1.807) is 48.1 Å². The van der Waals surface area contributed by atoms with Crippen LogP contribution in [0.15, 0.2) is 42.6 Å². The Labute approximate surface area is 116 Å². The SMILES string of the molecule is Cc1cccc(C(NC(=O)c2cccn2C)C(=O)O)c1. The Morgan fingerprint density at radius 1 is 1.25 bits per heavy atom. The number of aliphatic carboxylic acids is 1. The quantitative estimate of drug-likeness (QED) is 0.892.